The van der Waals surface area contributed by atoms with Crippen LogP contribution >= 0.6 is 0 Å². The fourth-order valence-electron chi connectivity index (χ4n) is 2.20. The van der Waals surface area contributed by atoms with Crippen LogP contribution in [0.25, 0.3) is 0 Å². The van der Waals surface area contributed by atoms with E-state index in [2.05, 4.69) is 0 Å². The van der Waals surface area contributed by atoms with Crippen molar-refractivity contribution in [3.8, 4) is 0 Å². The van der Waals surface area contributed by atoms with E-state index in [0.717, 1.165) is 17.7 Å². The quantitative estimate of drug-likeness (QED) is 0.848. The molecule has 2 rings (SSSR count). The van der Waals surface area contributed by atoms with Gasteiger partial charge in [-0.25, -0.2) is 8.42 Å². The summed E-state index contributed by atoms with van der Waals surface area (Å²) in [5.41, 5.74) is 7.44. The second-order valence-electron chi connectivity index (χ2n) is 4.44. The standard InChI is InChI=1S/C12H18N2O2S/c1-3-9-4-5-11-12(6-9)17(15,16)8-10(7-13)14(11)2/h4-6,10H,3,7-8,13H2,1-2H3. The maximum Gasteiger partial charge on any atom is 0.182 e. The van der Waals surface area contributed by atoms with E-state index in [0.29, 0.717) is 11.4 Å². The lowest BCUT2D eigenvalue weighted by atomic mass is 10.1. The lowest BCUT2D eigenvalue weighted by Crippen LogP contribution is -2.46. The Bertz CT molecular complexity index is 525. The van der Waals surface area contributed by atoms with Crippen molar-refractivity contribution in [2.45, 2.75) is 24.3 Å². The molecule has 1 atom stereocenters. The molecule has 0 saturated carbocycles. The number of nitrogens with zero attached hydrogens (tertiary/aromatic N) is 1. The molecular formula is C12H18N2O2S. The zero-order valence-electron chi connectivity index (χ0n) is 10.2. The van der Waals surface area contributed by atoms with E-state index in [1.54, 1.807) is 6.07 Å². The smallest absolute Gasteiger partial charge is 0.182 e. The number of aryl methyl sites for hydroxylation is 1. The molecule has 17 heavy (non-hydrogen) atoms. The van der Waals surface area contributed by atoms with E-state index in [1.165, 1.54) is 0 Å². The largest absolute Gasteiger partial charge is 0.368 e. The minimum atomic E-state index is -3.19. The lowest BCUT2D eigenvalue weighted by Gasteiger charge is -2.35. The van der Waals surface area contributed by atoms with Gasteiger partial charge in [0.15, 0.2) is 9.84 Å². The van der Waals surface area contributed by atoms with Gasteiger partial charge in [0.05, 0.1) is 22.4 Å². The van der Waals surface area contributed by atoms with Gasteiger partial charge in [-0.15, -0.1) is 0 Å². The van der Waals surface area contributed by atoms with Gasteiger partial charge in [-0.3, -0.25) is 0 Å². The van der Waals surface area contributed by atoms with Gasteiger partial charge in [0.25, 0.3) is 0 Å². The number of sulfone groups is 1. The summed E-state index contributed by atoms with van der Waals surface area (Å²) in [6, 6.07) is 5.52. The number of nitrogens with two attached hydrogens (primary N) is 1. The Balaban J connectivity index is 2.59. The minimum Gasteiger partial charge on any atom is -0.368 e. The van der Waals surface area contributed by atoms with Crippen LogP contribution in [0.1, 0.15) is 12.5 Å². The van der Waals surface area contributed by atoms with E-state index in [1.807, 2.05) is 31.0 Å². The van der Waals surface area contributed by atoms with Crippen LogP contribution in [0.2, 0.25) is 0 Å². The molecule has 1 unspecified atom stereocenters. The van der Waals surface area contributed by atoms with Crippen molar-refractivity contribution < 1.29 is 8.42 Å². The van der Waals surface area contributed by atoms with Crippen molar-refractivity contribution in [2.75, 3.05) is 24.2 Å². The van der Waals surface area contributed by atoms with Crippen LogP contribution in [-0.4, -0.2) is 33.8 Å². The summed E-state index contributed by atoms with van der Waals surface area (Å²) in [7, 11) is -1.29. The van der Waals surface area contributed by atoms with Gasteiger partial charge in [-0.2, -0.15) is 0 Å². The number of hydrogen-bond acceptors (Lipinski definition) is 4. The van der Waals surface area contributed by atoms with Gasteiger partial charge in [0.2, 0.25) is 0 Å². The Hall–Kier alpha value is -1.07. The first-order valence-corrected chi connectivity index (χ1v) is 7.43. The molecule has 0 saturated heterocycles. The van der Waals surface area contributed by atoms with Crippen molar-refractivity contribution in [2.24, 2.45) is 5.73 Å². The molecule has 5 heteroatoms. The van der Waals surface area contributed by atoms with Crippen LogP contribution in [0.15, 0.2) is 23.1 Å². The monoisotopic (exact) mass is 254 g/mol. The van der Waals surface area contributed by atoms with Crippen molar-refractivity contribution in [3.05, 3.63) is 23.8 Å². The number of anilines is 1. The van der Waals surface area contributed by atoms with Crippen LogP contribution in [-0.2, 0) is 16.3 Å². The topological polar surface area (TPSA) is 63.4 Å². The van der Waals surface area contributed by atoms with Crippen molar-refractivity contribution in [1.29, 1.82) is 0 Å². The van der Waals surface area contributed by atoms with Crippen LogP contribution < -0.4 is 10.6 Å². The van der Waals surface area contributed by atoms with E-state index in [9.17, 15) is 8.42 Å². The first-order chi connectivity index (χ1) is 7.99. The highest BCUT2D eigenvalue weighted by molar-refractivity contribution is 7.91. The van der Waals surface area contributed by atoms with E-state index >= 15 is 0 Å². The van der Waals surface area contributed by atoms with E-state index in [4.69, 9.17) is 5.73 Å². The van der Waals surface area contributed by atoms with Crippen LogP contribution in [0, 0.1) is 0 Å². The highest BCUT2D eigenvalue weighted by Gasteiger charge is 2.33. The molecule has 1 aromatic carbocycles. The Morgan fingerprint density at radius 3 is 2.76 bits per heavy atom. The molecule has 4 nitrogen and oxygen atoms in total. The number of fused-ring (bicyclic) bond motifs is 1. The van der Waals surface area contributed by atoms with Gasteiger partial charge < -0.3 is 10.6 Å². The highest BCUT2D eigenvalue weighted by atomic mass is 32.2. The maximum atomic E-state index is 12.2. The van der Waals surface area contributed by atoms with Gasteiger partial charge >= 0.3 is 0 Å². The predicted octanol–water partition coefficient (Wildman–Crippen LogP) is 0.800. The number of rotatable bonds is 2. The lowest BCUT2D eigenvalue weighted by molar-refractivity contribution is 0.572. The number of benzene rings is 1. The molecule has 1 aliphatic heterocycles. The number of hydrogen-bond donors (Lipinski definition) is 1. The van der Waals surface area contributed by atoms with Gasteiger partial charge in [0, 0.05) is 13.6 Å². The second kappa shape index (κ2) is 4.31. The predicted molar refractivity (Wildman–Crippen MR) is 69.1 cm³/mol. The third-order valence-corrected chi connectivity index (χ3v) is 5.20. The molecule has 0 bridgehead atoms. The third kappa shape index (κ3) is 2.05. The highest BCUT2D eigenvalue weighted by Crippen LogP contribution is 2.32. The fourth-order valence-corrected chi connectivity index (χ4v) is 4.10. The Labute approximate surface area is 102 Å². The first-order valence-electron chi connectivity index (χ1n) is 5.78. The van der Waals surface area contributed by atoms with Gasteiger partial charge in [-0.05, 0) is 24.1 Å². The van der Waals surface area contributed by atoms with E-state index < -0.39 is 9.84 Å². The number of likely N-dealkylation sites (N-methyl/N-ethyl adjacent to an activating group) is 1. The molecule has 94 valence electrons. The van der Waals surface area contributed by atoms with E-state index in [-0.39, 0.29) is 11.8 Å². The van der Waals surface area contributed by atoms with Crippen LogP contribution in [0.4, 0.5) is 5.69 Å². The Kier molecular flexibility index (Phi) is 3.14. The summed E-state index contributed by atoms with van der Waals surface area (Å²) in [5, 5.41) is 0. The van der Waals surface area contributed by atoms with Crippen LogP contribution in [0.5, 0.6) is 0 Å². The first kappa shape index (κ1) is 12.4. The van der Waals surface area contributed by atoms with Crippen molar-refractivity contribution >= 4 is 15.5 Å². The molecule has 1 aromatic rings. The summed E-state index contributed by atoms with van der Waals surface area (Å²) < 4.78 is 24.3. The fraction of sp³-hybridized carbons (Fsp3) is 0.500. The second-order valence-corrected chi connectivity index (χ2v) is 6.44. The summed E-state index contributed by atoms with van der Waals surface area (Å²) in [6.45, 7) is 2.37. The molecule has 1 aliphatic rings. The summed E-state index contributed by atoms with van der Waals surface area (Å²) in [4.78, 5) is 2.42. The summed E-state index contributed by atoms with van der Waals surface area (Å²) in [5.74, 6) is 0.111. The Morgan fingerprint density at radius 1 is 1.47 bits per heavy atom. The Morgan fingerprint density at radius 2 is 2.18 bits per heavy atom. The normalized spacial score (nSPS) is 22.3. The van der Waals surface area contributed by atoms with Gasteiger partial charge in [0.1, 0.15) is 0 Å². The van der Waals surface area contributed by atoms with Crippen molar-refractivity contribution in [3.63, 3.8) is 0 Å². The molecule has 2 N–H and O–H groups in total. The molecule has 0 amide bonds. The minimum absolute atomic E-state index is 0.111. The molecule has 0 aromatic heterocycles. The van der Waals surface area contributed by atoms with Gasteiger partial charge in [-0.1, -0.05) is 13.0 Å². The average molecular weight is 254 g/mol. The molecule has 0 aliphatic carbocycles. The van der Waals surface area contributed by atoms with Crippen LogP contribution in [0.3, 0.4) is 0 Å². The molecule has 1 heterocycles. The molecule has 0 fully saturated rings. The van der Waals surface area contributed by atoms with Crippen molar-refractivity contribution in [1.82, 2.24) is 0 Å². The SMILES string of the molecule is CCc1ccc2c(c1)S(=O)(=O)CC(CN)N2C. The zero-order valence-corrected chi connectivity index (χ0v) is 11.0. The molecular weight excluding hydrogens is 236 g/mol. The molecule has 0 spiro atoms. The summed E-state index contributed by atoms with van der Waals surface area (Å²) >= 11 is 0. The third-order valence-electron chi connectivity index (χ3n) is 3.38. The summed E-state index contributed by atoms with van der Waals surface area (Å²) in [6.07, 6.45) is 0.840. The average Bonchev–Trinajstić information content (AvgIpc) is 2.33. The molecule has 0 radical (unpaired) electrons. The maximum absolute atomic E-state index is 12.2. The zero-order chi connectivity index (χ0) is 12.6.